The van der Waals surface area contributed by atoms with E-state index in [1.54, 1.807) is 0 Å². The summed E-state index contributed by atoms with van der Waals surface area (Å²) in [5.74, 6) is -1.77. The van der Waals surface area contributed by atoms with E-state index < -0.39 is 34.3 Å². The molecule has 0 bridgehead atoms. The van der Waals surface area contributed by atoms with Crippen LogP contribution in [0.2, 0.25) is 0 Å². The smallest absolute Gasteiger partial charge is 0.338 e. The van der Waals surface area contributed by atoms with Gasteiger partial charge in [-0.05, 0) is 42.5 Å². The summed E-state index contributed by atoms with van der Waals surface area (Å²) in [5, 5.41) is 2.44. The number of carbonyl (C=O) groups excluding carboxylic acids is 2. The van der Waals surface area contributed by atoms with Gasteiger partial charge in [-0.25, -0.2) is 21.9 Å². The number of methoxy groups -OCH3 is 1. The molecule has 0 saturated carbocycles. The molecule has 2 aromatic carbocycles. The second kappa shape index (κ2) is 8.81. The van der Waals surface area contributed by atoms with Crippen molar-refractivity contribution in [1.29, 1.82) is 0 Å². The van der Waals surface area contributed by atoms with Crippen LogP contribution in [0, 0.1) is 5.82 Å². The molecule has 8 nitrogen and oxygen atoms in total. The zero-order valence-electron chi connectivity index (χ0n) is 15.4. The van der Waals surface area contributed by atoms with Crippen LogP contribution >= 0.6 is 0 Å². The van der Waals surface area contributed by atoms with Crippen molar-refractivity contribution >= 4 is 27.6 Å². The van der Waals surface area contributed by atoms with Crippen LogP contribution in [-0.4, -0.2) is 52.4 Å². The summed E-state index contributed by atoms with van der Waals surface area (Å²) in [5.41, 5.74) is 0.194. The van der Waals surface area contributed by atoms with Gasteiger partial charge in [-0.2, -0.15) is 0 Å². The van der Waals surface area contributed by atoms with Crippen molar-refractivity contribution in [1.82, 2.24) is 4.31 Å². The van der Waals surface area contributed by atoms with E-state index >= 15 is 0 Å². The SMILES string of the molecule is COc1ccc(S(=O)(=O)N(C)C)cc1NC(=O)COC(=O)c1ccc(F)cc1. The Hall–Kier alpha value is -2.98. The fourth-order valence-corrected chi connectivity index (χ4v) is 3.07. The average Bonchev–Trinajstić information content (AvgIpc) is 2.66. The van der Waals surface area contributed by atoms with Crippen molar-refractivity contribution < 1.29 is 31.9 Å². The molecule has 1 N–H and O–H groups in total. The van der Waals surface area contributed by atoms with E-state index in [9.17, 15) is 22.4 Å². The monoisotopic (exact) mass is 410 g/mol. The van der Waals surface area contributed by atoms with Gasteiger partial charge in [0.05, 0.1) is 23.3 Å². The fraction of sp³-hybridized carbons (Fsp3) is 0.222. The highest BCUT2D eigenvalue weighted by Gasteiger charge is 2.20. The molecule has 0 fully saturated rings. The quantitative estimate of drug-likeness (QED) is 0.700. The van der Waals surface area contributed by atoms with Crippen LogP contribution in [0.4, 0.5) is 10.1 Å². The Morgan fingerprint density at radius 3 is 2.32 bits per heavy atom. The Kier molecular flexibility index (Phi) is 6.71. The largest absolute Gasteiger partial charge is 0.495 e. The average molecular weight is 410 g/mol. The van der Waals surface area contributed by atoms with E-state index in [0.717, 1.165) is 16.4 Å². The van der Waals surface area contributed by atoms with E-state index in [0.29, 0.717) is 0 Å². The molecule has 0 saturated heterocycles. The van der Waals surface area contributed by atoms with Gasteiger partial charge < -0.3 is 14.8 Å². The van der Waals surface area contributed by atoms with Gasteiger partial charge in [0.2, 0.25) is 10.0 Å². The molecule has 0 unspecified atom stereocenters. The van der Waals surface area contributed by atoms with Crippen LogP contribution in [0.15, 0.2) is 47.4 Å². The van der Waals surface area contributed by atoms with Gasteiger partial charge in [-0.15, -0.1) is 0 Å². The summed E-state index contributed by atoms with van der Waals surface area (Å²) < 4.78 is 48.4. The lowest BCUT2D eigenvalue weighted by molar-refractivity contribution is -0.119. The molecular formula is C18H19FN2O6S. The molecule has 0 aromatic heterocycles. The zero-order valence-corrected chi connectivity index (χ0v) is 16.2. The van der Waals surface area contributed by atoms with Crippen LogP contribution in [-0.2, 0) is 19.6 Å². The summed E-state index contributed by atoms with van der Waals surface area (Å²) in [6.07, 6.45) is 0. The summed E-state index contributed by atoms with van der Waals surface area (Å²) in [6.45, 7) is -0.621. The number of nitrogens with zero attached hydrogens (tertiary/aromatic N) is 1. The first-order chi connectivity index (χ1) is 13.1. The minimum Gasteiger partial charge on any atom is -0.495 e. The van der Waals surface area contributed by atoms with Crippen molar-refractivity contribution in [3.63, 3.8) is 0 Å². The third-order valence-electron chi connectivity index (χ3n) is 3.64. The number of esters is 1. The molecule has 0 atom stereocenters. The highest BCUT2D eigenvalue weighted by molar-refractivity contribution is 7.89. The number of carbonyl (C=O) groups is 2. The Morgan fingerprint density at radius 1 is 1.11 bits per heavy atom. The van der Waals surface area contributed by atoms with E-state index in [4.69, 9.17) is 9.47 Å². The number of sulfonamides is 1. The van der Waals surface area contributed by atoms with Gasteiger partial charge in [0.25, 0.3) is 5.91 Å². The van der Waals surface area contributed by atoms with Crippen LogP contribution in [0.1, 0.15) is 10.4 Å². The number of halogens is 1. The normalized spacial score (nSPS) is 11.2. The molecule has 10 heteroatoms. The maximum atomic E-state index is 12.9. The number of benzene rings is 2. The Labute approximate surface area is 161 Å². The Balaban J connectivity index is 2.10. The van der Waals surface area contributed by atoms with Crippen LogP contribution in [0.25, 0.3) is 0 Å². The van der Waals surface area contributed by atoms with Crippen LogP contribution in [0.3, 0.4) is 0 Å². The minimum atomic E-state index is -3.71. The highest BCUT2D eigenvalue weighted by Crippen LogP contribution is 2.28. The lowest BCUT2D eigenvalue weighted by atomic mass is 10.2. The van der Waals surface area contributed by atoms with Gasteiger partial charge in [-0.1, -0.05) is 0 Å². The third-order valence-corrected chi connectivity index (χ3v) is 5.45. The third kappa shape index (κ3) is 5.05. The van der Waals surface area contributed by atoms with Gasteiger partial charge >= 0.3 is 5.97 Å². The van der Waals surface area contributed by atoms with E-state index in [1.807, 2.05) is 0 Å². The Morgan fingerprint density at radius 2 is 1.75 bits per heavy atom. The van der Waals surface area contributed by atoms with Crippen molar-refractivity contribution in [3.8, 4) is 5.75 Å². The van der Waals surface area contributed by atoms with Crippen molar-refractivity contribution in [2.75, 3.05) is 33.1 Å². The van der Waals surface area contributed by atoms with Crippen molar-refractivity contribution in [2.45, 2.75) is 4.90 Å². The molecule has 0 aliphatic heterocycles. The molecule has 0 radical (unpaired) electrons. The van der Waals surface area contributed by atoms with Gasteiger partial charge in [-0.3, -0.25) is 4.79 Å². The number of hydrogen-bond acceptors (Lipinski definition) is 6. The van der Waals surface area contributed by atoms with Crippen LogP contribution in [0.5, 0.6) is 5.75 Å². The van der Waals surface area contributed by atoms with E-state index in [1.165, 1.54) is 51.5 Å². The van der Waals surface area contributed by atoms with Crippen molar-refractivity contribution in [3.05, 3.63) is 53.8 Å². The lowest BCUT2D eigenvalue weighted by Crippen LogP contribution is -2.23. The zero-order chi connectivity index (χ0) is 20.9. The molecule has 0 aliphatic carbocycles. The number of ether oxygens (including phenoxy) is 2. The predicted octanol–water partition coefficient (Wildman–Crippen LogP) is 1.88. The standard InChI is InChI=1S/C18H19FN2O6S/c1-21(2)28(24,25)14-8-9-16(26-3)15(10-14)20-17(22)11-27-18(23)12-4-6-13(19)7-5-12/h4-10H,11H2,1-3H3,(H,20,22). The molecule has 150 valence electrons. The molecule has 28 heavy (non-hydrogen) atoms. The summed E-state index contributed by atoms with van der Waals surface area (Å²) in [6, 6.07) is 8.64. The first-order valence-electron chi connectivity index (χ1n) is 7.98. The summed E-state index contributed by atoms with van der Waals surface area (Å²) >= 11 is 0. The topological polar surface area (TPSA) is 102 Å². The number of rotatable bonds is 7. The maximum absolute atomic E-state index is 12.9. The molecular weight excluding hydrogens is 391 g/mol. The number of amides is 1. The number of anilines is 1. The predicted molar refractivity (Wildman–Crippen MR) is 99.2 cm³/mol. The summed E-state index contributed by atoms with van der Waals surface area (Å²) in [7, 11) is 0.409. The first-order valence-corrected chi connectivity index (χ1v) is 9.42. The lowest BCUT2D eigenvalue weighted by Gasteiger charge is -2.15. The molecule has 0 spiro atoms. The minimum absolute atomic E-state index is 0.0445. The van der Waals surface area contributed by atoms with E-state index in [-0.39, 0.29) is 21.9 Å². The number of nitrogens with one attached hydrogen (secondary N) is 1. The van der Waals surface area contributed by atoms with Gasteiger partial charge in [0, 0.05) is 14.1 Å². The molecule has 2 aromatic rings. The van der Waals surface area contributed by atoms with Gasteiger partial charge in [0.15, 0.2) is 6.61 Å². The van der Waals surface area contributed by atoms with Gasteiger partial charge in [0.1, 0.15) is 11.6 Å². The fourth-order valence-electron chi connectivity index (χ4n) is 2.14. The molecule has 0 heterocycles. The highest BCUT2D eigenvalue weighted by atomic mass is 32.2. The van der Waals surface area contributed by atoms with Crippen molar-refractivity contribution in [2.24, 2.45) is 0 Å². The summed E-state index contributed by atoms with van der Waals surface area (Å²) in [4.78, 5) is 23.9. The molecule has 2 rings (SSSR count). The molecule has 1 amide bonds. The Bertz CT molecular complexity index is 974. The number of hydrogen-bond donors (Lipinski definition) is 1. The maximum Gasteiger partial charge on any atom is 0.338 e. The molecule has 0 aliphatic rings. The van der Waals surface area contributed by atoms with E-state index in [2.05, 4.69) is 5.32 Å². The second-order valence-corrected chi connectivity index (χ2v) is 7.93. The second-order valence-electron chi connectivity index (χ2n) is 5.78. The first kappa shape index (κ1) is 21.3. The van der Waals surface area contributed by atoms with Crippen LogP contribution < -0.4 is 10.1 Å².